The fourth-order valence-electron chi connectivity index (χ4n) is 3.18. The first-order chi connectivity index (χ1) is 12.8. The van der Waals surface area contributed by atoms with Gasteiger partial charge >= 0.3 is 0 Å². The summed E-state index contributed by atoms with van der Waals surface area (Å²) in [5, 5.41) is 15.1. The van der Waals surface area contributed by atoms with Crippen LogP contribution in [0.5, 0.6) is 0 Å². The topological polar surface area (TPSA) is 52.8 Å². The highest BCUT2D eigenvalue weighted by Gasteiger charge is 2.28. The smallest absolute Gasteiger partial charge is 0.183 e. The molecule has 4 aromatic rings. The first-order valence-corrected chi connectivity index (χ1v) is 8.83. The molecule has 1 fully saturated rings. The highest BCUT2D eigenvalue weighted by Crippen LogP contribution is 2.38. The summed E-state index contributed by atoms with van der Waals surface area (Å²) in [4.78, 5) is 0. The number of ether oxygens (including phenoxy) is 1. The molecule has 6 heteroatoms. The van der Waals surface area contributed by atoms with Gasteiger partial charge in [0.05, 0.1) is 23.6 Å². The third-order valence-corrected chi connectivity index (χ3v) is 4.99. The van der Waals surface area contributed by atoms with Crippen molar-refractivity contribution >= 4 is 22.6 Å². The van der Waals surface area contributed by atoms with Crippen molar-refractivity contribution in [2.24, 2.45) is 0 Å². The largest absolute Gasteiger partial charge is 0.377 e. The molecule has 26 heavy (non-hydrogen) atoms. The van der Waals surface area contributed by atoms with E-state index in [1.165, 1.54) is 0 Å². The maximum Gasteiger partial charge on any atom is 0.183 e. The van der Waals surface area contributed by atoms with Crippen LogP contribution in [0.2, 0.25) is 5.02 Å². The summed E-state index contributed by atoms with van der Waals surface area (Å²) in [7, 11) is 0. The molecule has 0 unspecified atom stereocenters. The molecule has 1 saturated heterocycles. The lowest BCUT2D eigenvalue weighted by Gasteiger charge is -2.26. The number of fused-ring (bicyclic) bond motifs is 1. The third kappa shape index (κ3) is 2.40. The van der Waals surface area contributed by atoms with Crippen LogP contribution in [-0.4, -0.2) is 33.2 Å². The molecule has 0 N–H and O–H groups in total. The van der Waals surface area contributed by atoms with Gasteiger partial charge in [0.1, 0.15) is 17.4 Å². The van der Waals surface area contributed by atoms with Gasteiger partial charge in [-0.05, 0) is 0 Å². The van der Waals surface area contributed by atoms with E-state index in [-0.39, 0.29) is 6.04 Å². The minimum Gasteiger partial charge on any atom is -0.377 e. The van der Waals surface area contributed by atoms with Crippen LogP contribution in [-0.2, 0) is 4.74 Å². The Hall–Kier alpha value is -2.76. The number of aromatic nitrogens is 4. The summed E-state index contributed by atoms with van der Waals surface area (Å²) in [6.45, 7) is 1.26. The van der Waals surface area contributed by atoms with Gasteiger partial charge in [-0.2, -0.15) is 5.10 Å². The Kier molecular flexibility index (Phi) is 3.69. The highest BCUT2D eigenvalue weighted by molar-refractivity contribution is 6.38. The summed E-state index contributed by atoms with van der Waals surface area (Å²) in [6, 6.07) is 20.1. The van der Waals surface area contributed by atoms with Crippen molar-refractivity contribution in [3.05, 3.63) is 65.7 Å². The number of halogens is 1. The Morgan fingerprint density at radius 3 is 2.04 bits per heavy atom. The van der Waals surface area contributed by atoms with Crippen LogP contribution in [0.15, 0.2) is 60.7 Å². The summed E-state index contributed by atoms with van der Waals surface area (Å²) in [5.41, 5.74) is 4.13. The summed E-state index contributed by atoms with van der Waals surface area (Å²) < 4.78 is 7.23. The van der Waals surface area contributed by atoms with Crippen molar-refractivity contribution in [1.82, 2.24) is 20.0 Å². The Balaban J connectivity index is 1.80. The number of benzene rings is 2. The zero-order chi connectivity index (χ0) is 17.5. The standard InChI is InChI=1S/C20H15ClN4O/c21-17-16-18(13-7-3-1-4-8-13)24-25(15-11-26-12-15)20(16)23-22-19(17)14-9-5-2-6-10-14/h1-10,15H,11-12H2. The van der Waals surface area contributed by atoms with Crippen molar-refractivity contribution in [2.45, 2.75) is 6.04 Å². The molecular weight excluding hydrogens is 348 g/mol. The molecule has 1 aliphatic heterocycles. The van der Waals surface area contributed by atoms with Gasteiger partial charge in [0.15, 0.2) is 5.65 Å². The minimum atomic E-state index is 0.169. The average Bonchev–Trinajstić information content (AvgIpc) is 3.02. The second kappa shape index (κ2) is 6.20. The monoisotopic (exact) mass is 362 g/mol. The first-order valence-electron chi connectivity index (χ1n) is 8.46. The van der Waals surface area contributed by atoms with Gasteiger partial charge in [0, 0.05) is 11.1 Å². The van der Waals surface area contributed by atoms with Crippen molar-refractivity contribution < 1.29 is 4.74 Å². The Morgan fingerprint density at radius 1 is 0.846 bits per heavy atom. The van der Waals surface area contributed by atoms with Crippen LogP contribution in [0.1, 0.15) is 6.04 Å². The quantitative estimate of drug-likeness (QED) is 0.542. The van der Waals surface area contributed by atoms with Crippen LogP contribution < -0.4 is 0 Å². The van der Waals surface area contributed by atoms with E-state index < -0.39 is 0 Å². The fourth-order valence-corrected chi connectivity index (χ4v) is 3.50. The molecule has 0 aliphatic carbocycles. The summed E-state index contributed by atoms with van der Waals surface area (Å²) in [5.74, 6) is 0. The molecule has 2 aromatic heterocycles. The summed E-state index contributed by atoms with van der Waals surface area (Å²) >= 11 is 6.82. The number of rotatable bonds is 3. The first kappa shape index (κ1) is 15.5. The van der Waals surface area contributed by atoms with Crippen LogP contribution in [0.4, 0.5) is 0 Å². The molecular formula is C20H15ClN4O. The molecule has 3 heterocycles. The summed E-state index contributed by atoms with van der Waals surface area (Å²) in [6.07, 6.45) is 0. The van der Waals surface area contributed by atoms with Gasteiger partial charge in [-0.1, -0.05) is 72.3 Å². The fraction of sp³-hybridized carbons (Fsp3) is 0.150. The zero-order valence-corrected chi connectivity index (χ0v) is 14.6. The maximum absolute atomic E-state index is 6.82. The second-order valence-electron chi connectivity index (χ2n) is 6.28. The lowest BCUT2D eigenvalue weighted by Crippen LogP contribution is -2.31. The van der Waals surface area contributed by atoms with E-state index in [0.29, 0.717) is 29.6 Å². The Morgan fingerprint density at radius 2 is 1.46 bits per heavy atom. The van der Waals surface area contributed by atoms with Crippen LogP contribution in [0.3, 0.4) is 0 Å². The van der Waals surface area contributed by atoms with Gasteiger partial charge in [0.25, 0.3) is 0 Å². The molecule has 0 spiro atoms. The molecule has 5 nitrogen and oxygen atoms in total. The predicted octanol–water partition coefficient (Wildman–Crippen LogP) is 4.39. The predicted molar refractivity (Wildman–Crippen MR) is 101 cm³/mol. The van der Waals surface area contributed by atoms with Gasteiger partial charge in [-0.15, -0.1) is 10.2 Å². The van der Waals surface area contributed by atoms with Gasteiger partial charge < -0.3 is 4.74 Å². The SMILES string of the molecule is Clc1c(-c2ccccc2)nnc2c1c(-c1ccccc1)nn2C1COC1. The van der Waals surface area contributed by atoms with Crippen molar-refractivity contribution in [3.63, 3.8) is 0 Å². The molecule has 128 valence electrons. The van der Waals surface area contributed by atoms with Gasteiger partial charge in [0.2, 0.25) is 0 Å². The minimum absolute atomic E-state index is 0.169. The van der Waals surface area contributed by atoms with Crippen LogP contribution in [0.25, 0.3) is 33.5 Å². The molecule has 2 aromatic carbocycles. The van der Waals surface area contributed by atoms with Gasteiger partial charge in [-0.25, -0.2) is 4.68 Å². The Labute approximate surface area is 155 Å². The van der Waals surface area contributed by atoms with E-state index in [0.717, 1.165) is 22.2 Å². The second-order valence-corrected chi connectivity index (χ2v) is 6.66. The van der Waals surface area contributed by atoms with E-state index in [4.69, 9.17) is 21.4 Å². The normalized spacial score (nSPS) is 14.5. The molecule has 0 radical (unpaired) electrons. The van der Waals surface area contributed by atoms with Crippen molar-refractivity contribution in [2.75, 3.05) is 13.2 Å². The third-order valence-electron chi connectivity index (χ3n) is 4.62. The van der Waals surface area contributed by atoms with Crippen LogP contribution in [0, 0.1) is 0 Å². The van der Waals surface area contributed by atoms with Gasteiger partial charge in [-0.3, -0.25) is 0 Å². The Bertz CT molecular complexity index is 1080. The van der Waals surface area contributed by atoms with E-state index in [9.17, 15) is 0 Å². The van der Waals surface area contributed by atoms with Crippen molar-refractivity contribution in [1.29, 1.82) is 0 Å². The number of hydrogen-bond donors (Lipinski definition) is 0. The lowest BCUT2D eigenvalue weighted by molar-refractivity contribution is -0.0268. The van der Waals surface area contributed by atoms with E-state index >= 15 is 0 Å². The molecule has 0 bridgehead atoms. The van der Waals surface area contributed by atoms with Crippen molar-refractivity contribution in [3.8, 4) is 22.5 Å². The zero-order valence-electron chi connectivity index (χ0n) is 13.8. The molecule has 5 rings (SSSR count). The van der Waals surface area contributed by atoms with Crippen LogP contribution >= 0.6 is 11.6 Å². The lowest BCUT2D eigenvalue weighted by atomic mass is 10.1. The van der Waals surface area contributed by atoms with E-state index in [2.05, 4.69) is 10.2 Å². The van der Waals surface area contributed by atoms with E-state index in [1.54, 1.807) is 0 Å². The molecule has 0 atom stereocenters. The number of hydrogen-bond acceptors (Lipinski definition) is 4. The number of nitrogens with zero attached hydrogens (tertiary/aromatic N) is 4. The molecule has 0 amide bonds. The average molecular weight is 363 g/mol. The molecule has 1 aliphatic rings. The molecule has 0 saturated carbocycles. The highest BCUT2D eigenvalue weighted by atomic mass is 35.5. The maximum atomic E-state index is 6.82. The van der Waals surface area contributed by atoms with E-state index in [1.807, 2.05) is 65.3 Å².